The number of benzene rings is 1. The summed E-state index contributed by atoms with van der Waals surface area (Å²) in [7, 11) is 0. The molecule has 0 unspecified atom stereocenters. The first-order valence-electron chi connectivity index (χ1n) is 4.88. The Morgan fingerprint density at radius 1 is 1.25 bits per heavy atom. The van der Waals surface area contributed by atoms with Gasteiger partial charge in [-0.3, -0.25) is 0 Å². The van der Waals surface area contributed by atoms with Gasteiger partial charge in [0.1, 0.15) is 12.4 Å². The lowest BCUT2D eigenvalue weighted by Gasteiger charge is -2.04. The average Bonchev–Trinajstić information content (AvgIpc) is 2.81. The van der Waals surface area contributed by atoms with E-state index in [1.165, 1.54) is 0 Å². The molecule has 0 aliphatic carbocycles. The standard InChI is InChI=1S/C10H11ClN4O/c11-5-6-16-9-3-1-8(2-4-9)7-10-12-14-15-13-10/h1-4H,5-7H2,(H,12,13,14,15). The molecule has 0 aliphatic rings. The van der Waals surface area contributed by atoms with Crippen LogP contribution in [0.4, 0.5) is 0 Å². The molecule has 0 aliphatic heterocycles. The van der Waals surface area contributed by atoms with E-state index in [4.69, 9.17) is 16.3 Å². The van der Waals surface area contributed by atoms with Crippen LogP contribution in [0, 0.1) is 0 Å². The van der Waals surface area contributed by atoms with Crippen molar-refractivity contribution in [1.29, 1.82) is 0 Å². The number of nitrogens with zero attached hydrogens (tertiary/aromatic N) is 3. The lowest BCUT2D eigenvalue weighted by molar-refractivity contribution is 0.342. The van der Waals surface area contributed by atoms with Crippen LogP contribution in [0.3, 0.4) is 0 Å². The molecule has 1 aromatic carbocycles. The van der Waals surface area contributed by atoms with E-state index in [2.05, 4.69) is 20.6 Å². The number of hydrogen-bond acceptors (Lipinski definition) is 4. The van der Waals surface area contributed by atoms with Gasteiger partial charge in [0.15, 0.2) is 5.82 Å². The van der Waals surface area contributed by atoms with E-state index < -0.39 is 0 Å². The molecule has 0 atom stereocenters. The number of aromatic amines is 1. The molecule has 0 spiro atoms. The predicted molar refractivity (Wildman–Crippen MR) is 59.6 cm³/mol. The second-order valence-corrected chi connectivity index (χ2v) is 3.56. The van der Waals surface area contributed by atoms with Crippen molar-refractivity contribution in [3.05, 3.63) is 35.7 Å². The number of aromatic nitrogens is 4. The Hall–Kier alpha value is -1.62. The number of rotatable bonds is 5. The highest BCUT2D eigenvalue weighted by Crippen LogP contribution is 2.13. The molecule has 0 radical (unpaired) electrons. The smallest absolute Gasteiger partial charge is 0.178 e. The van der Waals surface area contributed by atoms with Crippen molar-refractivity contribution < 1.29 is 4.74 Å². The molecule has 2 rings (SSSR count). The molecule has 6 heteroatoms. The van der Waals surface area contributed by atoms with Gasteiger partial charge in [-0.15, -0.1) is 21.8 Å². The number of alkyl halides is 1. The second kappa shape index (κ2) is 5.46. The van der Waals surface area contributed by atoms with Gasteiger partial charge in [-0.25, -0.2) is 0 Å². The van der Waals surface area contributed by atoms with E-state index >= 15 is 0 Å². The highest BCUT2D eigenvalue weighted by atomic mass is 35.5. The number of ether oxygens (including phenoxy) is 1. The zero-order chi connectivity index (χ0) is 11.2. The normalized spacial score (nSPS) is 10.3. The maximum atomic E-state index is 5.53. The van der Waals surface area contributed by atoms with Crippen LogP contribution < -0.4 is 4.74 Å². The van der Waals surface area contributed by atoms with Gasteiger partial charge in [-0.05, 0) is 17.7 Å². The van der Waals surface area contributed by atoms with Crippen LogP contribution in [0.25, 0.3) is 0 Å². The van der Waals surface area contributed by atoms with E-state index in [1.807, 2.05) is 24.3 Å². The van der Waals surface area contributed by atoms with Gasteiger partial charge in [-0.1, -0.05) is 17.3 Å². The fraction of sp³-hybridized carbons (Fsp3) is 0.300. The van der Waals surface area contributed by atoms with Crippen LogP contribution >= 0.6 is 11.6 Å². The van der Waals surface area contributed by atoms with E-state index in [0.29, 0.717) is 24.7 Å². The van der Waals surface area contributed by atoms with Gasteiger partial charge in [0.05, 0.1) is 5.88 Å². The highest BCUT2D eigenvalue weighted by Gasteiger charge is 2.01. The van der Waals surface area contributed by atoms with E-state index in [-0.39, 0.29) is 0 Å². The highest BCUT2D eigenvalue weighted by molar-refractivity contribution is 6.17. The van der Waals surface area contributed by atoms with Gasteiger partial charge in [0.2, 0.25) is 0 Å². The first-order chi connectivity index (χ1) is 7.88. The summed E-state index contributed by atoms with van der Waals surface area (Å²) in [6.07, 6.45) is 0.659. The van der Waals surface area contributed by atoms with Crippen LogP contribution in [0.15, 0.2) is 24.3 Å². The summed E-state index contributed by atoms with van der Waals surface area (Å²) < 4.78 is 5.36. The monoisotopic (exact) mass is 238 g/mol. The Kier molecular flexibility index (Phi) is 3.71. The summed E-state index contributed by atoms with van der Waals surface area (Å²) >= 11 is 5.53. The fourth-order valence-corrected chi connectivity index (χ4v) is 1.38. The van der Waals surface area contributed by atoms with Crippen molar-refractivity contribution in [1.82, 2.24) is 20.6 Å². The molecule has 5 nitrogen and oxygen atoms in total. The van der Waals surface area contributed by atoms with Crippen molar-refractivity contribution >= 4 is 11.6 Å². The van der Waals surface area contributed by atoms with E-state index in [1.54, 1.807) is 0 Å². The average molecular weight is 239 g/mol. The molecule has 0 bridgehead atoms. The molecule has 84 valence electrons. The number of tetrazole rings is 1. The van der Waals surface area contributed by atoms with E-state index in [9.17, 15) is 0 Å². The molecule has 1 heterocycles. The largest absolute Gasteiger partial charge is 0.492 e. The zero-order valence-corrected chi connectivity index (χ0v) is 9.31. The minimum atomic E-state index is 0.491. The fourth-order valence-electron chi connectivity index (χ4n) is 1.30. The Morgan fingerprint density at radius 2 is 2.06 bits per heavy atom. The third-order valence-electron chi connectivity index (χ3n) is 2.02. The Bertz CT molecular complexity index is 415. The van der Waals surface area contributed by atoms with Crippen LogP contribution in [0.1, 0.15) is 11.4 Å². The van der Waals surface area contributed by atoms with Gasteiger partial charge >= 0.3 is 0 Å². The van der Waals surface area contributed by atoms with Crippen molar-refractivity contribution in [2.45, 2.75) is 6.42 Å². The summed E-state index contributed by atoms with van der Waals surface area (Å²) in [6.45, 7) is 0.520. The first kappa shape index (κ1) is 10.9. The summed E-state index contributed by atoms with van der Waals surface area (Å²) in [5.41, 5.74) is 1.11. The Balaban J connectivity index is 1.96. The first-order valence-corrected chi connectivity index (χ1v) is 5.42. The minimum absolute atomic E-state index is 0.491. The van der Waals surface area contributed by atoms with Crippen LogP contribution in [-0.2, 0) is 6.42 Å². The summed E-state index contributed by atoms with van der Waals surface area (Å²) in [4.78, 5) is 0. The van der Waals surface area contributed by atoms with Crippen molar-refractivity contribution in [2.75, 3.05) is 12.5 Å². The molecule has 0 saturated carbocycles. The maximum absolute atomic E-state index is 5.53. The van der Waals surface area contributed by atoms with Crippen molar-refractivity contribution in [2.24, 2.45) is 0 Å². The third-order valence-corrected chi connectivity index (χ3v) is 2.17. The SMILES string of the molecule is ClCCOc1ccc(Cc2nn[nH]n2)cc1. The minimum Gasteiger partial charge on any atom is -0.492 e. The summed E-state index contributed by atoms with van der Waals surface area (Å²) in [6, 6.07) is 7.75. The van der Waals surface area contributed by atoms with Crippen molar-refractivity contribution in [3.8, 4) is 5.75 Å². The number of H-pyrrole nitrogens is 1. The molecule has 1 aromatic heterocycles. The molecule has 0 saturated heterocycles. The van der Waals surface area contributed by atoms with Gasteiger partial charge in [0.25, 0.3) is 0 Å². The lowest BCUT2D eigenvalue weighted by Crippen LogP contribution is -1.98. The molecule has 0 fully saturated rings. The van der Waals surface area contributed by atoms with Crippen LogP contribution in [-0.4, -0.2) is 33.1 Å². The molecule has 16 heavy (non-hydrogen) atoms. The van der Waals surface area contributed by atoms with Gasteiger partial charge in [-0.2, -0.15) is 5.21 Å². The number of hydrogen-bond donors (Lipinski definition) is 1. The topological polar surface area (TPSA) is 63.7 Å². The number of nitrogens with one attached hydrogen (secondary N) is 1. The van der Waals surface area contributed by atoms with Crippen LogP contribution in [0.5, 0.6) is 5.75 Å². The van der Waals surface area contributed by atoms with Crippen molar-refractivity contribution in [3.63, 3.8) is 0 Å². The summed E-state index contributed by atoms with van der Waals surface area (Å²) in [5, 5.41) is 13.7. The molecule has 2 aromatic rings. The van der Waals surface area contributed by atoms with Gasteiger partial charge < -0.3 is 4.74 Å². The van der Waals surface area contributed by atoms with Gasteiger partial charge in [0, 0.05) is 6.42 Å². The Labute approximate surface area is 97.8 Å². The van der Waals surface area contributed by atoms with E-state index in [0.717, 1.165) is 11.3 Å². The molecule has 1 N–H and O–H groups in total. The van der Waals surface area contributed by atoms with Crippen LogP contribution in [0.2, 0.25) is 0 Å². The summed E-state index contributed by atoms with van der Waals surface area (Å²) in [5.74, 6) is 1.98. The predicted octanol–water partition coefficient (Wildman–Crippen LogP) is 1.41. The quantitative estimate of drug-likeness (QED) is 0.800. The zero-order valence-electron chi connectivity index (χ0n) is 8.56. The Morgan fingerprint density at radius 3 is 2.69 bits per heavy atom. The molecular formula is C10H11ClN4O. The molecule has 0 amide bonds. The second-order valence-electron chi connectivity index (χ2n) is 3.19. The number of halogens is 1. The third kappa shape index (κ3) is 2.93. The molecular weight excluding hydrogens is 228 g/mol. The maximum Gasteiger partial charge on any atom is 0.178 e. The lowest BCUT2D eigenvalue weighted by atomic mass is 10.1.